The smallest absolute Gasteiger partial charge is 0.390 e. The summed E-state index contributed by atoms with van der Waals surface area (Å²) in [6.07, 6.45) is -5.51. The molecule has 100 valence electrons. The van der Waals surface area contributed by atoms with Crippen molar-refractivity contribution in [2.75, 3.05) is 18.5 Å². The number of hydrogen-bond acceptors (Lipinski definition) is 2. The first kappa shape index (κ1) is 14.3. The third-order valence-electron chi connectivity index (χ3n) is 2.33. The third kappa shape index (κ3) is 3.61. The van der Waals surface area contributed by atoms with E-state index in [2.05, 4.69) is 0 Å². The van der Waals surface area contributed by atoms with E-state index in [0.29, 0.717) is 0 Å². The second-order valence-corrected chi connectivity index (χ2v) is 3.73. The highest BCUT2D eigenvalue weighted by Crippen LogP contribution is 2.26. The molecule has 0 radical (unpaired) electrons. The van der Waals surface area contributed by atoms with Gasteiger partial charge in [-0.15, -0.1) is 0 Å². The number of benzene rings is 1. The molecule has 3 nitrogen and oxygen atoms in total. The maximum Gasteiger partial charge on any atom is 0.390 e. The van der Waals surface area contributed by atoms with Crippen LogP contribution in [0.1, 0.15) is 16.8 Å². The Morgan fingerprint density at radius 1 is 1.39 bits per heavy atom. The number of rotatable bonds is 4. The SMILES string of the molecule is CN(CCC(F)(F)F)c1c(F)cccc1C(=O)O. The zero-order valence-corrected chi connectivity index (χ0v) is 9.46. The lowest BCUT2D eigenvalue weighted by Crippen LogP contribution is -2.26. The Bertz CT molecular complexity index is 445. The van der Waals surface area contributed by atoms with Gasteiger partial charge < -0.3 is 10.0 Å². The van der Waals surface area contributed by atoms with Crippen LogP contribution in [0.4, 0.5) is 23.2 Å². The Morgan fingerprint density at radius 2 is 2.00 bits per heavy atom. The van der Waals surface area contributed by atoms with Crippen LogP contribution in [-0.4, -0.2) is 30.8 Å². The van der Waals surface area contributed by atoms with Crippen molar-refractivity contribution in [2.45, 2.75) is 12.6 Å². The van der Waals surface area contributed by atoms with E-state index >= 15 is 0 Å². The molecule has 0 fully saturated rings. The molecule has 1 N–H and O–H groups in total. The number of halogens is 4. The quantitative estimate of drug-likeness (QED) is 0.851. The standard InChI is InChI=1S/C11H11F4NO2/c1-16(6-5-11(13,14)15)9-7(10(17)18)3-2-4-8(9)12/h2-4H,5-6H2,1H3,(H,17,18). The third-order valence-corrected chi connectivity index (χ3v) is 2.33. The number of alkyl halides is 3. The molecule has 0 bridgehead atoms. The molecule has 0 amide bonds. The molecule has 0 heterocycles. The molecular formula is C11H11F4NO2. The molecule has 7 heteroatoms. The predicted octanol–water partition coefficient (Wildman–Crippen LogP) is 2.91. The average Bonchev–Trinajstić information content (AvgIpc) is 2.24. The topological polar surface area (TPSA) is 40.5 Å². The summed E-state index contributed by atoms with van der Waals surface area (Å²) in [5.74, 6) is -2.25. The first-order valence-electron chi connectivity index (χ1n) is 5.02. The summed E-state index contributed by atoms with van der Waals surface area (Å²) in [5, 5.41) is 8.85. The molecule has 1 aromatic rings. The van der Waals surface area contributed by atoms with E-state index in [1.807, 2.05) is 0 Å². The molecule has 0 aliphatic carbocycles. The summed E-state index contributed by atoms with van der Waals surface area (Å²) < 4.78 is 49.7. The molecule has 1 aromatic carbocycles. The van der Waals surface area contributed by atoms with Crippen molar-refractivity contribution in [2.24, 2.45) is 0 Å². The van der Waals surface area contributed by atoms with Gasteiger partial charge in [-0.25, -0.2) is 9.18 Å². The Morgan fingerprint density at radius 3 is 2.50 bits per heavy atom. The summed E-state index contributed by atoms with van der Waals surface area (Å²) in [4.78, 5) is 11.8. The molecule has 0 saturated carbocycles. The number of aromatic carboxylic acids is 1. The van der Waals surface area contributed by atoms with Crippen molar-refractivity contribution in [3.05, 3.63) is 29.6 Å². The number of carboxylic acids is 1. The number of carboxylic acid groups (broad SMARTS) is 1. The first-order valence-corrected chi connectivity index (χ1v) is 5.02. The second-order valence-electron chi connectivity index (χ2n) is 3.73. The maximum absolute atomic E-state index is 13.5. The highest BCUT2D eigenvalue weighted by Gasteiger charge is 2.28. The molecule has 0 aromatic heterocycles. The highest BCUT2D eigenvalue weighted by atomic mass is 19.4. The van der Waals surface area contributed by atoms with E-state index in [0.717, 1.165) is 17.0 Å². The van der Waals surface area contributed by atoms with Crippen LogP contribution in [0.2, 0.25) is 0 Å². The fraction of sp³-hybridized carbons (Fsp3) is 0.364. The van der Waals surface area contributed by atoms with Gasteiger partial charge in [0.05, 0.1) is 17.7 Å². The van der Waals surface area contributed by atoms with Gasteiger partial charge in [0.25, 0.3) is 0 Å². The first-order chi connectivity index (χ1) is 8.22. The van der Waals surface area contributed by atoms with Gasteiger partial charge in [0.2, 0.25) is 0 Å². The van der Waals surface area contributed by atoms with E-state index in [1.165, 1.54) is 13.1 Å². The summed E-state index contributed by atoms with van der Waals surface area (Å²) in [7, 11) is 1.22. The van der Waals surface area contributed by atoms with Gasteiger partial charge in [-0.05, 0) is 12.1 Å². The van der Waals surface area contributed by atoms with Crippen molar-refractivity contribution in [3.8, 4) is 0 Å². The van der Waals surface area contributed by atoms with E-state index in [9.17, 15) is 22.4 Å². The van der Waals surface area contributed by atoms with Gasteiger partial charge in [-0.1, -0.05) is 6.07 Å². The second kappa shape index (κ2) is 5.24. The molecule has 18 heavy (non-hydrogen) atoms. The summed E-state index contributed by atoms with van der Waals surface area (Å²) in [6.45, 7) is -0.509. The van der Waals surface area contributed by atoms with Crippen LogP contribution in [0.25, 0.3) is 0 Å². The predicted molar refractivity (Wildman–Crippen MR) is 57.3 cm³/mol. The number of anilines is 1. The van der Waals surface area contributed by atoms with Gasteiger partial charge >= 0.3 is 12.1 Å². The summed E-state index contributed by atoms with van der Waals surface area (Å²) in [6, 6.07) is 3.34. The minimum Gasteiger partial charge on any atom is -0.478 e. The molecule has 0 aliphatic heterocycles. The Balaban J connectivity index is 2.97. The highest BCUT2D eigenvalue weighted by molar-refractivity contribution is 5.94. The van der Waals surface area contributed by atoms with Gasteiger partial charge in [-0.2, -0.15) is 13.2 Å². The van der Waals surface area contributed by atoms with Gasteiger partial charge in [0.15, 0.2) is 0 Å². The largest absolute Gasteiger partial charge is 0.478 e. The Labute approximate surface area is 101 Å². The molecule has 1 rings (SSSR count). The zero-order valence-electron chi connectivity index (χ0n) is 9.46. The number of para-hydroxylation sites is 1. The van der Waals surface area contributed by atoms with Crippen molar-refractivity contribution in [3.63, 3.8) is 0 Å². The van der Waals surface area contributed by atoms with Crippen molar-refractivity contribution >= 4 is 11.7 Å². The lowest BCUT2D eigenvalue weighted by molar-refractivity contribution is -0.132. The van der Waals surface area contributed by atoms with Gasteiger partial charge in [0.1, 0.15) is 5.82 Å². The van der Waals surface area contributed by atoms with E-state index in [-0.39, 0.29) is 11.3 Å². The lowest BCUT2D eigenvalue weighted by atomic mass is 10.1. The number of hydrogen-bond donors (Lipinski definition) is 1. The van der Waals surface area contributed by atoms with E-state index in [4.69, 9.17) is 5.11 Å². The van der Waals surface area contributed by atoms with Crippen molar-refractivity contribution < 1.29 is 27.5 Å². The molecule has 0 saturated heterocycles. The number of nitrogens with zero attached hydrogens (tertiary/aromatic N) is 1. The fourth-order valence-electron chi connectivity index (χ4n) is 1.48. The fourth-order valence-corrected chi connectivity index (χ4v) is 1.48. The molecule has 0 atom stereocenters. The average molecular weight is 265 g/mol. The molecular weight excluding hydrogens is 254 g/mol. The zero-order chi connectivity index (χ0) is 13.9. The van der Waals surface area contributed by atoms with Crippen LogP contribution in [0, 0.1) is 5.82 Å². The van der Waals surface area contributed by atoms with Crippen LogP contribution < -0.4 is 4.90 Å². The lowest BCUT2D eigenvalue weighted by Gasteiger charge is -2.22. The van der Waals surface area contributed by atoms with Crippen molar-refractivity contribution in [1.82, 2.24) is 0 Å². The summed E-state index contributed by atoms with van der Waals surface area (Å²) >= 11 is 0. The maximum atomic E-state index is 13.5. The monoisotopic (exact) mass is 265 g/mol. The number of carbonyl (C=O) groups is 1. The normalized spacial score (nSPS) is 11.4. The van der Waals surface area contributed by atoms with E-state index < -0.39 is 30.9 Å². The minimum absolute atomic E-state index is 0.339. The molecule has 0 aliphatic rings. The van der Waals surface area contributed by atoms with Crippen molar-refractivity contribution in [1.29, 1.82) is 0 Å². The van der Waals surface area contributed by atoms with Crippen LogP contribution in [-0.2, 0) is 0 Å². The van der Waals surface area contributed by atoms with Gasteiger partial charge in [0, 0.05) is 13.6 Å². The van der Waals surface area contributed by atoms with Crippen LogP contribution in [0.3, 0.4) is 0 Å². The van der Waals surface area contributed by atoms with Crippen LogP contribution in [0.5, 0.6) is 0 Å². The minimum atomic E-state index is -4.37. The summed E-state index contributed by atoms with van der Waals surface area (Å²) in [5.41, 5.74) is -0.700. The molecule has 0 spiro atoms. The van der Waals surface area contributed by atoms with Crippen LogP contribution >= 0.6 is 0 Å². The van der Waals surface area contributed by atoms with E-state index in [1.54, 1.807) is 0 Å². The molecule has 0 unspecified atom stereocenters. The van der Waals surface area contributed by atoms with Crippen LogP contribution in [0.15, 0.2) is 18.2 Å². The Hall–Kier alpha value is -1.79. The Kier molecular flexibility index (Phi) is 4.15. The van der Waals surface area contributed by atoms with Gasteiger partial charge in [-0.3, -0.25) is 0 Å².